The third kappa shape index (κ3) is 3.21. The molecule has 0 aliphatic carbocycles. The van der Waals surface area contributed by atoms with Gasteiger partial charge < -0.3 is 0 Å². The molecule has 0 aliphatic heterocycles. The van der Waals surface area contributed by atoms with Crippen molar-refractivity contribution in [2.45, 2.75) is 13.8 Å². The molecule has 0 fully saturated rings. The van der Waals surface area contributed by atoms with Crippen molar-refractivity contribution in [3.63, 3.8) is 0 Å². The predicted octanol–water partition coefficient (Wildman–Crippen LogP) is 4.44. The molecule has 1 aromatic carbocycles. The lowest BCUT2D eigenvalue weighted by Gasteiger charge is -2.02. The van der Waals surface area contributed by atoms with Crippen LogP contribution in [0.15, 0.2) is 54.9 Å². The maximum atomic E-state index is 13.1. The van der Waals surface area contributed by atoms with Gasteiger partial charge in [-0.1, -0.05) is 48.6 Å². The topological polar surface area (TPSA) is 0 Å². The van der Waals surface area contributed by atoms with E-state index >= 15 is 0 Å². The van der Waals surface area contributed by atoms with E-state index in [2.05, 4.69) is 6.58 Å². The van der Waals surface area contributed by atoms with E-state index in [-0.39, 0.29) is 5.83 Å². The van der Waals surface area contributed by atoms with Crippen molar-refractivity contribution in [2.24, 2.45) is 0 Å². The zero-order valence-electron chi connectivity index (χ0n) is 9.13. The van der Waals surface area contributed by atoms with Crippen molar-refractivity contribution in [2.75, 3.05) is 0 Å². The molecular weight excluding hydrogens is 187 g/mol. The summed E-state index contributed by atoms with van der Waals surface area (Å²) in [6.45, 7) is 7.37. The first-order valence-corrected chi connectivity index (χ1v) is 4.90. The molecular formula is C14H15F. The quantitative estimate of drug-likeness (QED) is 0.636. The van der Waals surface area contributed by atoms with Crippen LogP contribution in [-0.2, 0) is 0 Å². The molecule has 0 unspecified atom stereocenters. The lowest BCUT2D eigenvalue weighted by atomic mass is 10.0. The van der Waals surface area contributed by atoms with E-state index in [1.807, 2.05) is 31.2 Å². The third-order valence-corrected chi connectivity index (χ3v) is 2.17. The Balaban J connectivity index is 3.08. The van der Waals surface area contributed by atoms with Crippen LogP contribution in [0.5, 0.6) is 0 Å². The SMILES string of the molecule is C=C/C(=C\C(F)=C/C)c1ccc(C)cc1. The Labute approximate surface area is 90.4 Å². The van der Waals surface area contributed by atoms with Crippen molar-refractivity contribution in [1.29, 1.82) is 0 Å². The van der Waals surface area contributed by atoms with Gasteiger partial charge in [0.2, 0.25) is 0 Å². The van der Waals surface area contributed by atoms with Gasteiger partial charge >= 0.3 is 0 Å². The molecule has 0 radical (unpaired) electrons. The Kier molecular flexibility index (Phi) is 4.04. The Bertz CT molecular complexity index is 394. The number of hydrogen-bond acceptors (Lipinski definition) is 0. The summed E-state index contributed by atoms with van der Waals surface area (Å²) in [7, 11) is 0. The monoisotopic (exact) mass is 202 g/mol. The van der Waals surface area contributed by atoms with Crippen LogP contribution >= 0.6 is 0 Å². The Morgan fingerprint density at radius 2 is 1.87 bits per heavy atom. The summed E-state index contributed by atoms with van der Waals surface area (Å²) in [5.41, 5.74) is 2.96. The van der Waals surface area contributed by atoms with Crippen LogP contribution in [0.4, 0.5) is 4.39 Å². The van der Waals surface area contributed by atoms with E-state index in [9.17, 15) is 4.39 Å². The highest BCUT2D eigenvalue weighted by Gasteiger charge is 1.98. The number of rotatable bonds is 3. The van der Waals surface area contributed by atoms with Crippen LogP contribution in [0.3, 0.4) is 0 Å². The minimum Gasteiger partial charge on any atom is -0.207 e. The maximum absolute atomic E-state index is 13.1. The number of halogens is 1. The smallest absolute Gasteiger partial charge is 0.119 e. The second-order valence-electron chi connectivity index (χ2n) is 3.34. The van der Waals surface area contributed by atoms with Gasteiger partial charge in [-0.15, -0.1) is 0 Å². The lowest BCUT2D eigenvalue weighted by Crippen LogP contribution is -1.81. The van der Waals surface area contributed by atoms with E-state index in [1.165, 1.54) is 17.7 Å². The minimum atomic E-state index is -0.245. The van der Waals surface area contributed by atoms with Crippen LogP contribution in [0.25, 0.3) is 5.57 Å². The zero-order valence-corrected chi connectivity index (χ0v) is 9.13. The molecule has 0 amide bonds. The Hall–Kier alpha value is -1.63. The number of allylic oxidation sites excluding steroid dienone is 5. The van der Waals surface area contributed by atoms with Gasteiger partial charge in [0.15, 0.2) is 0 Å². The highest BCUT2D eigenvalue weighted by Crippen LogP contribution is 2.18. The van der Waals surface area contributed by atoms with Crippen LogP contribution in [0.2, 0.25) is 0 Å². The van der Waals surface area contributed by atoms with Gasteiger partial charge in [0.1, 0.15) is 5.83 Å². The van der Waals surface area contributed by atoms with Crippen LogP contribution < -0.4 is 0 Å². The van der Waals surface area contributed by atoms with Crippen molar-refractivity contribution in [3.05, 3.63) is 66.0 Å². The Morgan fingerprint density at radius 3 is 2.33 bits per heavy atom. The highest BCUT2D eigenvalue weighted by molar-refractivity contribution is 5.75. The fraction of sp³-hybridized carbons (Fsp3) is 0.143. The zero-order chi connectivity index (χ0) is 11.3. The standard InChI is InChI=1S/C14H15F/c1-4-12(10-14(15)5-2)13-8-6-11(3)7-9-13/h4-10H,1H2,2-3H3/b12-10+,14-5+. The van der Waals surface area contributed by atoms with Crippen LogP contribution in [0.1, 0.15) is 18.1 Å². The number of benzene rings is 1. The summed E-state index contributed by atoms with van der Waals surface area (Å²) in [6.07, 6.45) is 4.57. The summed E-state index contributed by atoms with van der Waals surface area (Å²) in [6, 6.07) is 7.93. The highest BCUT2D eigenvalue weighted by atomic mass is 19.1. The molecule has 0 nitrogen and oxygen atoms in total. The maximum Gasteiger partial charge on any atom is 0.119 e. The summed E-state index contributed by atoms with van der Waals surface area (Å²) >= 11 is 0. The van der Waals surface area contributed by atoms with E-state index in [1.54, 1.807) is 13.0 Å². The molecule has 1 aromatic rings. The third-order valence-electron chi connectivity index (χ3n) is 2.17. The van der Waals surface area contributed by atoms with Crippen molar-refractivity contribution >= 4 is 5.57 Å². The van der Waals surface area contributed by atoms with E-state index in [4.69, 9.17) is 0 Å². The molecule has 1 rings (SSSR count). The molecule has 0 spiro atoms. The fourth-order valence-electron chi connectivity index (χ4n) is 1.24. The van der Waals surface area contributed by atoms with Gasteiger partial charge in [-0.2, -0.15) is 0 Å². The molecule has 15 heavy (non-hydrogen) atoms. The van der Waals surface area contributed by atoms with Crippen LogP contribution in [-0.4, -0.2) is 0 Å². The minimum absolute atomic E-state index is 0.245. The van der Waals surface area contributed by atoms with Gasteiger partial charge in [0.25, 0.3) is 0 Å². The summed E-state index contributed by atoms with van der Waals surface area (Å²) < 4.78 is 13.1. The van der Waals surface area contributed by atoms with Gasteiger partial charge in [-0.3, -0.25) is 0 Å². The van der Waals surface area contributed by atoms with Crippen molar-refractivity contribution in [3.8, 4) is 0 Å². The molecule has 1 heteroatoms. The Morgan fingerprint density at radius 1 is 1.27 bits per heavy atom. The molecule has 0 atom stereocenters. The fourth-order valence-corrected chi connectivity index (χ4v) is 1.24. The van der Waals surface area contributed by atoms with E-state index in [0.29, 0.717) is 0 Å². The van der Waals surface area contributed by atoms with Crippen molar-refractivity contribution < 1.29 is 4.39 Å². The second-order valence-corrected chi connectivity index (χ2v) is 3.34. The van der Waals surface area contributed by atoms with Gasteiger partial charge in [0.05, 0.1) is 0 Å². The van der Waals surface area contributed by atoms with Crippen LogP contribution in [0, 0.1) is 6.92 Å². The average Bonchev–Trinajstić information content (AvgIpc) is 2.27. The number of aryl methyl sites for hydroxylation is 1. The van der Waals surface area contributed by atoms with Gasteiger partial charge in [0, 0.05) is 0 Å². The lowest BCUT2D eigenvalue weighted by molar-refractivity contribution is 0.665. The summed E-state index contributed by atoms with van der Waals surface area (Å²) in [5, 5.41) is 0. The average molecular weight is 202 g/mol. The first kappa shape index (κ1) is 11.4. The molecule has 0 heterocycles. The molecule has 0 N–H and O–H groups in total. The van der Waals surface area contributed by atoms with Crippen molar-refractivity contribution in [1.82, 2.24) is 0 Å². The first-order chi connectivity index (χ1) is 7.17. The summed E-state index contributed by atoms with van der Waals surface area (Å²) in [4.78, 5) is 0. The summed E-state index contributed by atoms with van der Waals surface area (Å²) in [5.74, 6) is -0.245. The predicted molar refractivity (Wildman–Crippen MR) is 64.2 cm³/mol. The van der Waals surface area contributed by atoms with Gasteiger partial charge in [-0.25, -0.2) is 4.39 Å². The molecule has 0 saturated heterocycles. The van der Waals surface area contributed by atoms with E-state index < -0.39 is 0 Å². The second kappa shape index (κ2) is 5.30. The normalized spacial score (nSPS) is 12.7. The molecule has 78 valence electrons. The molecule has 0 bridgehead atoms. The largest absolute Gasteiger partial charge is 0.207 e. The number of hydrogen-bond donors (Lipinski definition) is 0. The van der Waals surface area contributed by atoms with E-state index in [0.717, 1.165) is 11.1 Å². The molecule has 0 aliphatic rings. The van der Waals surface area contributed by atoms with Gasteiger partial charge in [-0.05, 0) is 31.1 Å². The molecule has 0 saturated carbocycles. The molecule has 0 aromatic heterocycles. The first-order valence-electron chi connectivity index (χ1n) is 4.90.